The number of benzene rings is 1. The number of nitrogens with one attached hydrogen (secondary N) is 1. The van der Waals surface area contributed by atoms with E-state index in [2.05, 4.69) is 5.32 Å². The van der Waals surface area contributed by atoms with Crippen molar-refractivity contribution in [3.63, 3.8) is 0 Å². The van der Waals surface area contributed by atoms with Gasteiger partial charge in [0.15, 0.2) is 0 Å². The Bertz CT molecular complexity index is 513. The van der Waals surface area contributed by atoms with Crippen LogP contribution < -0.4 is 5.32 Å². The van der Waals surface area contributed by atoms with Crippen LogP contribution in [0.1, 0.15) is 19.3 Å². The first-order chi connectivity index (χ1) is 10.0. The first kappa shape index (κ1) is 15.4. The number of piperidine rings is 1. The summed E-state index contributed by atoms with van der Waals surface area (Å²) in [7, 11) is 0. The van der Waals surface area contributed by atoms with Crippen LogP contribution in [0, 0.1) is 11.7 Å². The van der Waals surface area contributed by atoms with Gasteiger partial charge in [0, 0.05) is 12.1 Å². The Morgan fingerprint density at radius 2 is 2.05 bits per heavy atom. The van der Waals surface area contributed by atoms with E-state index in [-0.39, 0.29) is 30.6 Å². The topological polar surface area (TPSA) is 69.6 Å². The Labute approximate surface area is 122 Å². The molecule has 1 aromatic carbocycles. The fourth-order valence-corrected chi connectivity index (χ4v) is 2.57. The zero-order valence-corrected chi connectivity index (χ0v) is 11.7. The molecule has 0 spiro atoms. The molecule has 0 radical (unpaired) electrons. The molecule has 5 nitrogen and oxygen atoms in total. The van der Waals surface area contributed by atoms with Gasteiger partial charge in [-0.3, -0.25) is 14.5 Å². The molecule has 0 atom stereocenters. The Morgan fingerprint density at radius 3 is 2.67 bits per heavy atom. The van der Waals surface area contributed by atoms with Crippen molar-refractivity contribution in [2.75, 3.05) is 25.0 Å². The van der Waals surface area contributed by atoms with Gasteiger partial charge in [0.05, 0.1) is 6.54 Å². The SMILES string of the molecule is O=C(O)CC1CCN(CC(=O)Nc2cccc(F)c2)CC1. The van der Waals surface area contributed by atoms with Crippen molar-refractivity contribution in [3.05, 3.63) is 30.1 Å². The number of halogens is 1. The number of carbonyl (C=O) groups is 2. The van der Waals surface area contributed by atoms with Crippen LogP contribution in [0.2, 0.25) is 0 Å². The standard InChI is InChI=1S/C15H19FN2O3/c16-12-2-1-3-13(9-12)17-14(19)10-18-6-4-11(5-7-18)8-15(20)21/h1-3,9,11H,4-8,10H2,(H,17,19)(H,20,21). The third-order valence-corrected chi connectivity index (χ3v) is 3.65. The van der Waals surface area contributed by atoms with Crippen LogP contribution in [0.3, 0.4) is 0 Å². The van der Waals surface area contributed by atoms with Crippen LogP contribution in [0.4, 0.5) is 10.1 Å². The second-order valence-corrected chi connectivity index (χ2v) is 5.38. The summed E-state index contributed by atoms with van der Waals surface area (Å²) in [4.78, 5) is 24.5. The molecule has 2 N–H and O–H groups in total. The third kappa shape index (κ3) is 5.15. The van der Waals surface area contributed by atoms with Gasteiger partial charge in [-0.25, -0.2) is 4.39 Å². The van der Waals surface area contributed by atoms with E-state index >= 15 is 0 Å². The smallest absolute Gasteiger partial charge is 0.303 e. The lowest BCUT2D eigenvalue weighted by Gasteiger charge is -2.30. The molecule has 0 aliphatic carbocycles. The summed E-state index contributed by atoms with van der Waals surface area (Å²) in [6, 6.07) is 5.78. The maximum absolute atomic E-state index is 13.0. The van der Waals surface area contributed by atoms with Crippen molar-refractivity contribution in [2.24, 2.45) is 5.92 Å². The van der Waals surface area contributed by atoms with Crippen LogP contribution in [0.15, 0.2) is 24.3 Å². The zero-order valence-electron chi connectivity index (χ0n) is 11.7. The minimum absolute atomic E-state index is 0.183. The summed E-state index contributed by atoms with van der Waals surface area (Å²) in [5.41, 5.74) is 0.445. The van der Waals surface area contributed by atoms with E-state index in [9.17, 15) is 14.0 Å². The number of aliphatic carboxylic acids is 1. The number of carboxylic acid groups (broad SMARTS) is 1. The number of anilines is 1. The monoisotopic (exact) mass is 294 g/mol. The Morgan fingerprint density at radius 1 is 1.33 bits per heavy atom. The molecule has 6 heteroatoms. The second-order valence-electron chi connectivity index (χ2n) is 5.38. The molecule has 1 aliphatic heterocycles. The van der Waals surface area contributed by atoms with E-state index in [1.165, 1.54) is 12.1 Å². The highest BCUT2D eigenvalue weighted by atomic mass is 19.1. The summed E-state index contributed by atoms with van der Waals surface area (Å²) < 4.78 is 13.0. The molecule has 1 aromatic rings. The minimum atomic E-state index is -0.766. The zero-order chi connectivity index (χ0) is 15.2. The maximum atomic E-state index is 13.0. The van der Waals surface area contributed by atoms with E-state index in [0.717, 1.165) is 12.8 Å². The molecule has 0 saturated carbocycles. The summed E-state index contributed by atoms with van der Waals surface area (Å²) in [6.07, 6.45) is 1.78. The van der Waals surface area contributed by atoms with Crippen LogP contribution in [-0.2, 0) is 9.59 Å². The van der Waals surface area contributed by atoms with E-state index in [1.54, 1.807) is 12.1 Å². The number of rotatable bonds is 5. The first-order valence-electron chi connectivity index (χ1n) is 7.02. The molecule has 0 aromatic heterocycles. The van der Waals surface area contributed by atoms with Crippen molar-refractivity contribution in [2.45, 2.75) is 19.3 Å². The summed E-state index contributed by atoms with van der Waals surface area (Å²) >= 11 is 0. The largest absolute Gasteiger partial charge is 0.481 e. The summed E-state index contributed by atoms with van der Waals surface area (Å²) in [6.45, 7) is 1.68. The van der Waals surface area contributed by atoms with Crippen molar-refractivity contribution in [1.29, 1.82) is 0 Å². The first-order valence-corrected chi connectivity index (χ1v) is 7.02. The van der Waals surface area contributed by atoms with Crippen LogP contribution in [-0.4, -0.2) is 41.5 Å². The van der Waals surface area contributed by atoms with Gasteiger partial charge in [0.1, 0.15) is 5.82 Å². The predicted octanol–water partition coefficient (Wildman–Crippen LogP) is 1.95. The number of carbonyl (C=O) groups excluding carboxylic acids is 1. The lowest BCUT2D eigenvalue weighted by Crippen LogP contribution is -2.39. The van der Waals surface area contributed by atoms with E-state index in [4.69, 9.17) is 5.11 Å². The molecule has 1 heterocycles. The maximum Gasteiger partial charge on any atom is 0.303 e. The number of nitrogens with zero attached hydrogens (tertiary/aromatic N) is 1. The molecule has 1 saturated heterocycles. The third-order valence-electron chi connectivity index (χ3n) is 3.65. The molecule has 0 bridgehead atoms. The van der Waals surface area contributed by atoms with E-state index < -0.39 is 5.97 Å². The number of hydrogen-bond donors (Lipinski definition) is 2. The Kier molecular flexibility index (Phi) is 5.27. The van der Waals surface area contributed by atoms with Crippen LogP contribution >= 0.6 is 0 Å². The number of likely N-dealkylation sites (tertiary alicyclic amines) is 1. The highest BCUT2D eigenvalue weighted by Crippen LogP contribution is 2.20. The quantitative estimate of drug-likeness (QED) is 0.871. The van der Waals surface area contributed by atoms with Gasteiger partial charge >= 0.3 is 5.97 Å². The van der Waals surface area contributed by atoms with Crippen molar-refractivity contribution >= 4 is 17.6 Å². The van der Waals surface area contributed by atoms with Crippen molar-refractivity contribution in [1.82, 2.24) is 4.90 Å². The summed E-state index contributed by atoms with van der Waals surface area (Å²) in [5, 5.41) is 11.4. The van der Waals surface area contributed by atoms with Crippen molar-refractivity contribution < 1.29 is 19.1 Å². The summed E-state index contributed by atoms with van der Waals surface area (Å²) in [5.74, 6) is -1.14. The molecule has 2 rings (SSSR count). The van der Waals surface area contributed by atoms with Gasteiger partial charge in [-0.2, -0.15) is 0 Å². The Hall–Kier alpha value is -1.95. The van der Waals surface area contributed by atoms with Crippen LogP contribution in [0.5, 0.6) is 0 Å². The predicted molar refractivity (Wildman–Crippen MR) is 76.4 cm³/mol. The number of carboxylic acids is 1. The Balaban J connectivity index is 1.75. The molecule has 1 amide bonds. The van der Waals surface area contributed by atoms with E-state index in [0.29, 0.717) is 18.8 Å². The fourth-order valence-electron chi connectivity index (χ4n) is 2.57. The molecule has 114 valence electrons. The van der Waals surface area contributed by atoms with Gasteiger partial charge in [-0.1, -0.05) is 6.07 Å². The van der Waals surface area contributed by atoms with Gasteiger partial charge in [-0.05, 0) is 50.0 Å². The lowest BCUT2D eigenvalue weighted by atomic mass is 9.94. The number of amides is 1. The normalized spacial score (nSPS) is 16.6. The molecule has 0 unspecified atom stereocenters. The van der Waals surface area contributed by atoms with Crippen LogP contribution in [0.25, 0.3) is 0 Å². The van der Waals surface area contributed by atoms with E-state index in [1.807, 2.05) is 4.90 Å². The molecular formula is C15H19FN2O3. The minimum Gasteiger partial charge on any atom is -0.481 e. The molecule has 1 fully saturated rings. The highest BCUT2D eigenvalue weighted by Gasteiger charge is 2.22. The molecule has 1 aliphatic rings. The lowest BCUT2D eigenvalue weighted by molar-refractivity contribution is -0.138. The molecule has 21 heavy (non-hydrogen) atoms. The number of hydrogen-bond acceptors (Lipinski definition) is 3. The fraction of sp³-hybridized carbons (Fsp3) is 0.467. The van der Waals surface area contributed by atoms with Gasteiger partial charge in [0.2, 0.25) is 5.91 Å². The van der Waals surface area contributed by atoms with Gasteiger partial charge < -0.3 is 10.4 Å². The van der Waals surface area contributed by atoms with Gasteiger partial charge in [-0.15, -0.1) is 0 Å². The van der Waals surface area contributed by atoms with Gasteiger partial charge in [0.25, 0.3) is 0 Å². The average molecular weight is 294 g/mol. The highest BCUT2D eigenvalue weighted by molar-refractivity contribution is 5.92. The molecular weight excluding hydrogens is 275 g/mol. The second kappa shape index (κ2) is 7.17. The van der Waals surface area contributed by atoms with Crippen molar-refractivity contribution in [3.8, 4) is 0 Å². The average Bonchev–Trinajstić information content (AvgIpc) is 2.40.